The van der Waals surface area contributed by atoms with Gasteiger partial charge in [-0.05, 0) is 61.4 Å². The number of rotatable bonds is 3. The molecule has 0 aliphatic heterocycles. The van der Waals surface area contributed by atoms with Crippen molar-refractivity contribution >= 4 is 15.7 Å². The van der Waals surface area contributed by atoms with Gasteiger partial charge >= 0.3 is 0 Å². The summed E-state index contributed by atoms with van der Waals surface area (Å²) in [5.41, 5.74) is 1.98. The van der Waals surface area contributed by atoms with Crippen LogP contribution in [0.25, 0.3) is 0 Å². The fourth-order valence-electron chi connectivity index (χ4n) is 1.86. The molecule has 0 amide bonds. The van der Waals surface area contributed by atoms with Crippen molar-refractivity contribution in [3.05, 3.63) is 53.1 Å². The van der Waals surface area contributed by atoms with Gasteiger partial charge in [0.25, 0.3) is 10.0 Å². The Labute approximate surface area is 123 Å². The first-order valence-corrected chi connectivity index (χ1v) is 7.65. The predicted octanol–water partition coefficient (Wildman–Crippen LogP) is 2.68. The van der Waals surface area contributed by atoms with Crippen LogP contribution in [0, 0.1) is 25.2 Å². The van der Waals surface area contributed by atoms with E-state index in [0.29, 0.717) is 22.4 Å². The molecule has 5 nitrogen and oxygen atoms in total. The summed E-state index contributed by atoms with van der Waals surface area (Å²) in [6.45, 7) is 3.36. The van der Waals surface area contributed by atoms with Crippen molar-refractivity contribution in [1.29, 1.82) is 5.26 Å². The molecule has 0 atom stereocenters. The Bertz CT molecular complexity index is 836. The number of sulfonamides is 1. The number of aryl methyl sites for hydroxylation is 2. The average molecular weight is 302 g/mol. The van der Waals surface area contributed by atoms with Crippen LogP contribution in [0.3, 0.4) is 0 Å². The number of nitrogens with one attached hydrogen (secondary N) is 1. The van der Waals surface area contributed by atoms with E-state index in [4.69, 9.17) is 5.26 Å². The molecule has 0 aliphatic rings. The third kappa shape index (κ3) is 3.15. The van der Waals surface area contributed by atoms with E-state index in [9.17, 15) is 13.5 Å². The molecule has 21 heavy (non-hydrogen) atoms. The Morgan fingerprint density at radius 3 is 2.38 bits per heavy atom. The van der Waals surface area contributed by atoms with E-state index >= 15 is 0 Å². The fraction of sp³-hybridized carbons (Fsp3) is 0.133. The van der Waals surface area contributed by atoms with Crippen LogP contribution in [0.5, 0.6) is 5.75 Å². The van der Waals surface area contributed by atoms with Gasteiger partial charge in [-0.1, -0.05) is 0 Å². The highest BCUT2D eigenvalue weighted by atomic mass is 32.2. The zero-order valence-electron chi connectivity index (χ0n) is 11.6. The number of nitrogens with zero attached hydrogens (tertiary/aromatic N) is 1. The van der Waals surface area contributed by atoms with E-state index in [0.717, 1.165) is 0 Å². The Hall–Kier alpha value is -2.52. The number of phenolic OH excluding ortho intramolecular Hbond substituents is 1. The summed E-state index contributed by atoms with van der Waals surface area (Å²) in [6, 6.07) is 10.8. The summed E-state index contributed by atoms with van der Waals surface area (Å²) >= 11 is 0. The van der Waals surface area contributed by atoms with Gasteiger partial charge in [0.05, 0.1) is 16.5 Å². The van der Waals surface area contributed by atoms with Crippen molar-refractivity contribution in [2.75, 3.05) is 4.72 Å². The van der Waals surface area contributed by atoms with Gasteiger partial charge in [0, 0.05) is 5.69 Å². The van der Waals surface area contributed by atoms with E-state index < -0.39 is 10.0 Å². The molecule has 0 saturated heterocycles. The molecular weight excluding hydrogens is 288 g/mol. The molecule has 0 radical (unpaired) electrons. The number of anilines is 1. The molecule has 2 N–H and O–H groups in total. The lowest BCUT2D eigenvalue weighted by Crippen LogP contribution is -2.13. The summed E-state index contributed by atoms with van der Waals surface area (Å²) in [5.74, 6) is 0.104. The highest BCUT2D eigenvalue weighted by Crippen LogP contribution is 2.23. The van der Waals surface area contributed by atoms with Crippen molar-refractivity contribution in [2.24, 2.45) is 0 Å². The van der Waals surface area contributed by atoms with Crippen LogP contribution >= 0.6 is 0 Å². The third-order valence-electron chi connectivity index (χ3n) is 3.08. The van der Waals surface area contributed by atoms with Gasteiger partial charge in [-0.25, -0.2) is 8.42 Å². The zero-order chi connectivity index (χ0) is 15.6. The number of hydrogen-bond donors (Lipinski definition) is 2. The highest BCUT2D eigenvalue weighted by Gasteiger charge is 2.15. The maximum Gasteiger partial charge on any atom is 0.261 e. The van der Waals surface area contributed by atoms with Gasteiger partial charge in [-0.3, -0.25) is 4.72 Å². The predicted molar refractivity (Wildman–Crippen MR) is 79.5 cm³/mol. The number of aromatic hydroxyl groups is 1. The number of benzene rings is 2. The summed E-state index contributed by atoms with van der Waals surface area (Å²) < 4.78 is 27.0. The first kappa shape index (κ1) is 14.9. The number of hydrogen-bond acceptors (Lipinski definition) is 4. The minimum absolute atomic E-state index is 0.0877. The van der Waals surface area contributed by atoms with E-state index in [2.05, 4.69) is 4.72 Å². The SMILES string of the molecule is Cc1cc(NS(=O)(=O)c2ccc(C#N)c(C)c2)ccc1O. The number of nitriles is 1. The molecule has 0 heterocycles. The summed E-state index contributed by atoms with van der Waals surface area (Å²) in [6.07, 6.45) is 0. The van der Waals surface area contributed by atoms with E-state index in [-0.39, 0.29) is 10.6 Å². The van der Waals surface area contributed by atoms with Crippen molar-refractivity contribution in [3.8, 4) is 11.8 Å². The Balaban J connectivity index is 2.36. The van der Waals surface area contributed by atoms with Crippen LogP contribution < -0.4 is 4.72 Å². The summed E-state index contributed by atoms with van der Waals surface area (Å²) in [4.78, 5) is 0.0877. The van der Waals surface area contributed by atoms with E-state index in [1.54, 1.807) is 19.9 Å². The molecular formula is C15H14N2O3S. The van der Waals surface area contributed by atoms with Crippen molar-refractivity contribution in [3.63, 3.8) is 0 Å². The molecule has 0 fully saturated rings. The first-order valence-electron chi connectivity index (χ1n) is 6.16. The van der Waals surface area contributed by atoms with Gasteiger partial charge in [-0.15, -0.1) is 0 Å². The van der Waals surface area contributed by atoms with Crippen LogP contribution in [0.1, 0.15) is 16.7 Å². The molecule has 2 rings (SSSR count). The third-order valence-corrected chi connectivity index (χ3v) is 4.46. The fourth-order valence-corrected chi connectivity index (χ4v) is 3.00. The van der Waals surface area contributed by atoms with Gasteiger partial charge in [0.2, 0.25) is 0 Å². The lowest BCUT2D eigenvalue weighted by atomic mass is 10.1. The van der Waals surface area contributed by atoms with Gasteiger partial charge in [-0.2, -0.15) is 5.26 Å². The smallest absolute Gasteiger partial charge is 0.261 e. The van der Waals surface area contributed by atoms with Gasteiger partial charge in [0.15, 0.2) is 0 Å². The highest BCUT2D eigenvalue weighted by molar-refractivity contribution is 7.92. The normalized spacial score (nSPS) is 10.9. The molecule has 2 aromatic rings. The first-order chi connectivity index (χ1) is 9.83. The number of phenols is 1. The molecule has 0 saturated carbocycles. The molecule has 0 spiro atoms. The zero-order valence-corrected chi connectivity index (χ0v) is 12.4. The average Bonchev–Trinajstić information content (AvgIpc) is 2.42. The Morgan fingerprint density at radius 2 is 1.81 bits per heavy atom. The second kappa shape index (κ2) is 5.46. The summed E-state index contributed by atoms with van der Waals surface area (Å²) in [7, 11) is -3.73. The standard InChI is InChI=1S/C15H14N2O3S/c1-10-8-14(5-3-12(10)9-16)21(19,20)17-13-4-6-15(18)11(2)7-13/h3-8,17-18H,1-2H3. The van der Waals surface area contributed by atoms with Crippen LogP contribution in [0.2, 0.25) is 0 Å². The minimum atomic E-state index is -3.73. The lowest BCUT2D eigenvalue weighted by molar-refractivity contribution is 0.471. The van der Waals surface area contributed by atoms with Gasteiger partial charge < -0.3 is 5.11 Å². The Kier molecular flexibility index (Phi) is 3.87. The quantitative estimate of drug-likeness (QED) is 0.853. The van der Waals surface area contributed by atoms with E-state index in [1.807, 2.05) is 6.07 Å². The van der Waals surface area contributed by atoms with E-state index in [1.165, 1.54) is 30.3 Å². The van der Waals surface area contributed by atoms with Crippen molar-refractivity contribution in [2.45, 2.75) is 18.7 Å². The monoisotopic (exact) mass is 302 g/mol. The van der Waals surface area contributed by atoms with Crippen molar-refractivity contribution < 1.29 is 13.5 Å². The molecule has 0 unspecified atom stereocenters. The van der Waals surface area contributed by atoms with Crippen LogP contribution in [-0.4, -0.2) is 13.5 Å². The molecule has 2 aromatic carbocycles. The maximum absolute atomic E-state index is 12.3. The molecule has 0 aliphatic carbocycles. The van der Waals surface area contributed by atoms with Crippen LogP contribution in [0.4, 0.5) is 5.69 Å². The second-order valence-electron chi connectivity index (χ2n) is 4.70. The molecule has 108 valence electrons. The summed E-state index contributed by atoms with van der Waals surface area (Å²) in [5, 5.41) is 18.3. The minimum Gasteiger partial charge on any atom is -0.508 e. The topological polar surface area (TPSA) is 90.2 Å². The van der Waals surface area contributed by atoms with Crippen molar-refractivity contribution in [1.82, 2.24) is 0 Å². The van der Waals surface area contributed by atoms with Gasteiger partial charge in [0.1, 0.15) is 5.75 Å². The second-order valence-corrected chi connectivity index (χ2v) is 6.38. The molecule has 6 heteroatoms. The maximum atomic E-state index is 12.3. The van der Waals surface area contributed by atoms with Crippen LogP contribution in [0.15, 0.2) is 41.3 Å². The molecule has 0 aromatic heterocycles. The Morgan fingerprint density at radius 1 is 1.10 bits per heavy atom. The molecule has 0 bridgehead atoms. The van der Waals surface area contributed by atoms with Crippen LogP contribution in [-0.2, 0) is 10.0 Å². The lowest BCUT2D eigenvalue weighted by Gasteiger charge is -2.10. The largest absolute Gasteiger partial charge is 0.508 e.